The molecule has 0 unspecified atom stereocenters. The Morgan fingerprint density at radius 3 is 2.71 bits per heavy atom. The van der Waals surface area contributed by atoms with Crippen LogP contribution in [0.2, 0.25) is 0 Å². The highest BCUT2D eigenvalue weighted by molar-refractivity contribution is 7.99. The van der Waals surface area contributed by atoms with Crippen molar-refractivity contribution in [1.82, 2.24) is 9.97 Å². The summed E-state index contributed by atoms with van der Waals surface area (Å²) in [6.07, 6.45) is -0.0946. The predicted molar refractivity (Wildman–Crippen MR) is 128 cm³/mol. The molecule has 0 radical (unpaired) electrons. The number of aryl methyl sites for hydroxylation is 1. The molecule has 2 aliphatic rings. The zero-order valence-electron chi connectivity index (χ0n) is 19.0. The van der Waals surface area contributed by atoms with Gasteiger partial charge in [-0.25, -0.2) is 23.1 Å². The molecule has 2 aromatic carbocycles. The van der Waals surface area contributed by atoms with Crippen molar-refractivity contribution in [3.63, 3.8) is 0 Å². The summed E-state index contributed by atoms with van der Waals surface area (Å²) >= 11 is 1.93. The molecule has 5 rings (SSSR count). The molecule has 5 nitrogen and oxygen atoms in total. The molecule has 2 aliphatic heterocycles. The van der Waals surface area contributed by atoms with Crippen LogP contribution in [-0.4, -0.2) is 34.2 Å². The summed E-state index contributed by atoms with van der Waals surface area (Å²) in [6.45, 7) is 4.07. The van der Waals surface area contributed by atoms with E-state index in [2.05, 4.69) is 15.3 Å². The molecule has 1 atom stereocenters. The van der Waals surface area contributed by atoms with E-state index >= 15 is 0 Å². The molecule has 3 heterocycles. The minimum Gasteiger partial charge on any atom is -0.489 e. The molecular formula is C25H26F3N3O2S. The van der Waals surface area contributed by atoms with E-state index in [1.807, 2.05) is 17.8 Å². The monoisotopic (exact) mass is 489 g/mol. The maximum atomic E-state index is 14.8. The molecule has 0 aliphatic carbocycles. The van der Waals surface area contributed by atoms with Gasteiger partial charge in [-0.15, -0.1) is 0 Å². The fourth-order valence-corrected chi connectivity index (χ4v) is 5.63. The first-order valence-corrected chi connectivity index (χ1v) is 12.6. The van der Waals surface area contributed by atoms with Crippen molar-refractivity contribution >= 4 is 28.5 Å². The van der Waals surface area contributed by atoms with Crippen LogP contribution >= 0.6 is 11.8 Å². The van der Waals surface area contributed by atoms with E-state index in [0.29, 0.717) is 30.4 Å². The number of alkyl halides is 2. The number of aromatic nitrogens is 2. The summed E-state index contributed by atoms with van der Waals surface area (Å²) in [5, 5.41) is 3.98. The molecule has 9 heteroatoms. The molecule has 0 amide bonds. The Kier molecular flexibility index (Phi) is 6.46. The first-order valence-electron chi connectivity index (χ1n) is 11.5. The highest BCUT2D eigenvalue weighted by Gasteiger charge is 2.27. The Labute approximate surface area is 200 Å². The highest BCUT2D eigenvalue weighted by Crippen LogP contribution is 2.43. The average Bonchev–Trinajstić information content (AvgIpc) is 3.31. The molecule has 0 bridgehead atoms. The summed E-state index contributed by atoms with van der Waals surface area (Å²) in [4.78, 5) is 9.24. The number of rotatable bonds is 6. The van der Waals surface area contributed by atoms with Crippen LogP contribution < -0.4 is 14.8 Å². The van der Waals surface area contributed by atoms with Crippen LogP contribution in [0, 0.1) is 12.7 Å². The number of nitrogens with one attached hydrogen (secondary N) is 1. The SMILES string of the molecule is Cc1nc(N[C@H](C)c2cccc(C(F)F)c2F)c2cc(OC3CCSCC3)c3c(c2n1)CCO3. The third-order valence-electron chi connectivity index (χ3n) is 6.29. The van der Waals surface area contributed by atoms with Gasteiger partial charge in [-0.3, -0.25) is 0 Å². The maximum Gasteiger partial charge on any atom is 0.266 e. The van der Waals surface area contributed by atoms with Gasteiger partial charge in [0.2, 0.25) is 0 Å². The molecule has 1 fully saturated rings. The Balaban J connectivity index is 1.55. The van der Waals surface area contributed by atoms with Crippen molar-refractivity contribution in [2.75, 3.05) is 23.4 Å². The topological polar surface area (TPSA) is 56.3 Å². The lowest BCUT2D eigenvalue weighted by Gasteiger charge is -2.24. The second-order valence-corrected chi connectivity index (χ2v) is 9.87. The van der Waals surface area contributed by atoms with E-state index in [1.165, 1.54) is 12.1 Å². The zero-order chi connectivity index (χ0) is 23.8. The van der Waals surface area contributed by atoms with Crippen LogP contribution in [0.5, 0.6) is 11.5 Å². The molecule has 0 saturated carbocycles. The second kappa shape index (κ2) is 9.52. The van der Waals surface area contributed by atoms with Gasteiger partial charge in [-0.05, 0) is 44.3 Å². The minimum atomic E-state index is -2.88. The van der Waals surface area contributed by atoms with E-state index in [1.54, 1.807) is 13.8 Å². The summed E-state index contributed by atoms with van der Waals surface area (Å²) < 4.78 is 53.5. The fourth-order valence-electron chi connectivity index (χ4n) is 4.57. The molecular weight excluding hydrogens is 463 g/mol. The Bertz CT molecular complexity index is 1220. The Morgan fingerprint density at radius 1 is 1.18 bits per heavy atom. The van der Waals surface area contributed by atoms with Gasteiger partial charge in [-0.1, -0.05) is 18.2 Å². The van der Waals surface area contributed by atoms with Crippen LogP contribution in [0.1, 0.15) is 54.7 Å². The van der Waals surface area contributed by atoms with Crippen LogP contribution in [0.3, 0.4) is 0 Å². The first kappa shape index (κ1) is 23.1. The zero-order valence-corrected chi connectivity index (χ0v) is 19.9. The van der Waals surface area contributed by atoms with E-state index in [-0.39, 0.29) is 11.7 Å². The van der Waals surface area contributed by atoms with Crippen molar-refractivity contribution in [1.29, 1.82) is 0 Å². The van der Waals surface area contributed by atoms with Crippen LogP contribution in [0.4, 0.5) is 19.0 Å². The van der Waals surface area contributed by atoms with E-state index < -0.39 is 23.8 Å². The number of thioether (sulfide) groups is 1. The highest BCUT2D eigenvalue weighted by atomic mass is 32.2. The smallest absolute Gasteiger partial charge is 0.266 e. The summed E-state index contributed by atoms with van der Waals surface area (Å²) in [7, 11) is 0. The van der Waals surface area contributed by atoms with Crippen molar-refractivity contribution in [2.24, 2.45) is 0 Å². The number of hydrogen-bond donors (Lipinski definition) is 1. The van der Waals surface area contributed by atoms with Gasteiger partial charge in [0.05, 0.1) is 23.7 Å². The van der Waals surface area contributed by atoms with Gasteiger partial charge in [0, 0.05) is 22.9 Å². The van der Waals surface area contributed by atoms with Crippen molar-refractivity contribution < 1.29 is 22.6 Å². The molecule has 0 spiro atoms. The lowest BCUT2D eigenvalue weighted by molar-refractivity contribution is 0.146. The fraction of sp³-hybridized carbons (Fsp3) is 0.440. The quantitative estimate of drug-likeness (QED) is 0.433. The summed E-state index contributed by atoms with van der Waals surface area (Å²) in [6, 6.07) is 5.36. The average molecular weight is 490 g/mol. The molecule has 180 valence electrons. The Morgan fingerprint density at radius 2 is 1.94 bits per heavy atom. The summed E-state index contributed by atoms with van der Waals surface area (Å²) in [5.41, 5.74) is 1.29. The molecule has 1 N–H and O–H groups in total. The first-order chi connectivity index (χ1) is 16.4. The minimum absolute atomic E-state index is 0.125. The van der Waals surface area contributed by atoms with Gasteiger partial charge < -0.3 is 14.8 Å². The number of hydrogen-bond acceptors (Lipinski definition) is 6. The van der Waals surface area contributed by atoms with Crippen LogP contribution in [-0.2, 0) is 6.42 Å². The third-order valence-corrected chi connectivity index (χ3v) is 7.34. The Hall–Kier alpha value is -2.68. The van der Waals surface area contributed by atoms with Gasteiger partial charge in [0.1, 0.15) is 23.6 Å². The number of ether oxygens (including phenoxy) is 2. The normalized spacial score (nSPS) is 17.0. The van der Waals surface area contributed by atoms with Crippen LogP contribution in [0.25, 0.3) is 10.9 Å². The van der Waals surface area contributed by atoms with Crippen molar-refractivity contribution in [2.45, 2.75) is 51.7 Å². The largest absolute Gasteiger partial charge is 0.489 e. The molecule has 1 aromatic heterocycles. The molecule has 34 heavy (non-hydrogen) atoms. The van der Waals surface area contributed by atoms with Gasteiger partial charge >= 0.3 is 0 Å². The summed E-state index contributed by atoms with van der Waals surface area (Å²) in [5.74, 6) is 3.70. The number of benzene rings is 2. The standard InChI is InChI=1S/C25H26F3N3O2S/c1-13(16-4-3-5-17(21(16)26)24(27)28)29-25-19-12-20(33-15-7-10-34-11-8-15)23-18(6-9-32-23)22(19)30-14(2)31-25/h3-5,12-13,15,24H,6-11H2,1-2H3,(H,29,30,31)/t13-/m1/s1. The van der Waals surface area contributed by atoms with E-state index in [9.17, 15) is 13.2 Å². The lowest BCUT2D eigenvalue weighted by atomic mass is 10.0. The third kappa shape index (κ3) is 4.37. The van der Waals surface area contributed by atoms with Gasteiger partial charge in [0.25, 0.3) is 6.43 Å². The number of fused-ring (bicyclic) bond motifs is 3. The number of anilines is 1. The maximum absolute atomic E-state index is 14.8. The second-order valence-electron chi connectivity index (χ2n) is 8.64. The van der Waals surface area contributed by atoms with Crippen molar-refractivity contribution in [3.8, 4) is 11.5 Å². The lowest BCUT2D eigenvalue weighted by Crippen LogP contribution is -2.22. The van der Waals surface area contributed by atoms with Crippen molar-refractivity contribution in [3.05, 3.63) is 52.6 Å². The van der Waals surface area contributed by atoms with E-state index in [0.717, 1.165) is 52.6 Å². The van der Waals surface area contributed by atoms with Gasteiger partial charge in [-0.2, -0.15) is 11.8 Å². The predicted octanol–water partition coefficient (Wildman–Crippen LogP) is 6.40. The molecule has 1 saturated heterocycles. The van der Waals surface area contributed by atoms with Crippen LogP contribution in [0.15, 0.2) is 24.3 Å². The van der Waals surface area contributed by atoms with E-state index in [4.69, 9.17) is 9.47 Å². The number of nitrogens with zero attached hydrogens (tertiary/aromatic N) is 2. The molecule has 3 aromatic rings. The van der Waals surface area contributed by atoms with Gasteiger partial charge in [0.15, 0.2) is 11.5 Å². The number of halogens is 3.